The third-order valence-corrected chi connectivity index (χ3v) is 4.40. The molecule has 3 amide bonds. The third kappa shape index (κ3) is 3.90. The summed E-state index contributed by atoms with van der Waals surface area (Å²) in [4.78, 5) is 26.0. The summed E-state index contributed by atoms with van der Waals surface area (Å²) in [5.41, 5.74) is 7.32. The van der Waals surface area contributed by atoms with E-state index in [1.807, 2.05) is 25.1 Å². The lowest BCUT2D eigenvalue weighted by molar-refractivity contribution is -0.914. The van der Waals surface area contributed by atoms with Crippen LogP contribution in [0.1, 0.15) is 12.5 Å². The number of anilines is 1. The number of nitrogens with one attached hydrogen (secondary N) is 2. The molecule has 0 unspecified atom stereocenters. The zero-order valence-corrected chi connectivity index (χ0v) is 13.6. The minimum Gasteiger partial charge on any atom is -0.360 e. The summed E-state index contributed by atoms with van der Waals surface area (Å²) >= 11 is 6.08. The number of halogens is 1. The Morgan fingerprint density at radius 3 is 2.59 bits per heavy atom. The van der Waals surface area contributed by atoms with Gasteiger partial charge in [-0.05, 0) is 31.5 Å². The van der Waals surface area contributed by atoms with Crippen molar-refractivity contribution in [1.82, 2.24) is 5.32 Å². The van der Waals surface area contributed by atoms with Crippen molar-refractivity contribution in [3.63, 3.8) is 0 Å². The summed E-state index contributed by atoms with van der Waals surface area (Å²) < 4.78 is 0. The molecule has 7 heteroatoms. The quantitative estimate of drug-likeness (QED) is 0.728. The molecule has 6 nitrogen and oxygen atoms in total. The second-order valence-electron chi connectivity index (χ2n) is 5.65. The van der Waals surface area contributed by atoms with E-state index in [-0.39, 0.29) is 11.9 Å². The summed E-state index contributed by atoms with van der Waals surface area (Å²) in [7, 11) is 0. The van der Waals surface area contributed by atoms with E-state index in [0.717, 1.165) is 41.8 Å². The number of nitrogens with two attached hydrogens (primary N) is 1. The van der Waals surface area contributed by atoms with E-state index in [2.05, 4.69) is 17.1 Å². The highest BCUT2D eigenvalue weighted by atomic mass is 35.5. The smallest absolute Gasteiger partial charge is 0.319 e. The van der Waals surface area contributed by atoms with Gasteiger partial charge in [-0.2, -0.15) is 0 Å². The highest BCUT2D eigenvalue weighted by Crippen LogP contribution is 2.24. The Balaban J connectivity index is 1.97. The van der Waals surface area contributed by atoms with Gasteiger partial charge in [0.05, 0.1) is 26.2 Å². The van der Waals surface area contributed by atoms with Gasteiger partial charge >= 0.3 is 6.03 Å². The Labute approximate surface area is 135 Å². The van der Waals surface area contributed by atoms with Gasteiger partial charge in [-0.15, -0.1) is 0 Å². The second-order valence-corrected chi connectivity index (χ2v) is 6.09. The maximum absolute atomic E-state index is 11.8. The van der Waals surface area contributed by atoms with Gasteiger partial charge in [-0.1, -0.05) is 17.7 Å². The summed E-state index contributed by atoms with van der Waals surface area (Å²) in [6.07, 6.45) is 0. The molecule has 4 N–H and O–H groups in total. The number of piperazine rings is 1. The number of urea groups is 1. The molecule has 0 aliphatic carbocycles. The fourth-order valence-corrected chi connectivity index (χ4v) is 2.97. The zero-order chi connectivity index (χ0) is 16.3. The lowest BCUT2D eigenvalue weighted by atomic mass is 10.1. The molecular formula is C15H22ClN4O2+. The van der Waals surface area contributed by atoms with Crippen LogP contribution in [0, 0.1) is 6.92 Å². The van der Waals surface area contributed by atoms with Crippen molar-refractivity contribution in [3.8, 4) is 0 Å². The SMILES string of the molecule is Cc1ccc(Cl)cc1N1CC[NH+]([C@H](C)C(=O)NC(N)=O)CC1. The topological polar surface area (TPSA) is 79.9 Å². The Morgan fingerprint density at radius 2 is 2.00 bits per heavy atom. The summed E-state index contributed by atoms with van der Waals surface area (Å²) in [6.45, 7) is 7.19. The minimum atomic E-state index is -0.801. The Hall–Kier alpha value is -1.79. The molecule has 0 radical (unpaired) electrons. The monoisotopic (exact) mass is 325 g/mol. The first kappa shape index (κ1) is 16.6. The van der Waals surface area contributed by atoms with E-state index in [1.165, 1.54) is 5.56 Å². The van der Waals surface area contributed by atoms with Crippen LogP contribution in [-0.4, -0.2) is 44.2 Å². The number of benzene rings is 1. The largest absolute Gasteiger partial charge is 0.360 e. The first-order valence-corrected chi connectivity index (χ1v) is 7.72. The van der Waals surface area contributed by atoms with Crippen molar-refractivity contribution in [2.75, 3.05) is 31.1 Å². The molecule has 120 valence electrons. The Bertz CT molecular complexity index is 571. The minimum absolute atomic E-state index is 0.296. The normalized spacial score (nSPS) is 17.1. The van der Waals surface area contributed by atoms with Crippen LogP contribution in [0.25, 0.3) is 0 Å². The summed E-state index contributed by atoms with van der Waals surface area (Å²) in [6, 6.07) is 4.78. The molecule has 1 atom stereocenters. The van der Waals surface area contributed by atoms with Gasteiger partial charge in [-0.25, -0.2) is 4.79 Å². The van der Waals surface area contributed by atoms with E-state index in [4.69, 9.17) is 17.3 Å². The maximum Gasteiger partial charge on any atom is 0.319 e. The van der Waals surface area contributed by atoms with Crippen LogP contribution in [0.15, 0.2) is 18.2 Å². The van der Waals surface area contributed by atoms with Crippen LogP contribution in [0.5, 0.6) is 0 Å². The number of carbonyl (C=O) groups excluding carboxylic acids is 2. The highest BCUT2D eigenvalue weighted by Gasteiger charge is 2.30. The molecule has 1 aromatic rings. The number of carbonyl (C=O) groups is 2. The average molecular weight is 326 g/mol. The van der Waals surface area contributed by atoms with Crippen LogP contribution in [0.3, 0.4) is 0 Å². The maximum atomic E-state index is 11.8. The molecule has 1 heterocycles. The number of rotatable bonds is 3. The number of amides is 3. The molecule has 1 aliphatic heterocycles. The molecule has 1 fully saturated rings. The van der Waals surface area contributed by atoms with E-state index >= 15 is 0 Å². The molecule has 22 heavy (non-hydrogen) atoms. The molecular weight excluding hydrogens is 304 g/mol. The molecule has 0 bridgehead atoms. The van der Waals surface area contributed by atoms with E-state index in [9.17, 15) is 9.59 Å². The van der Waals surface area contributed by atoms with Gasteiger partial charge in [-0.3, -0.25) is 10.1 Å². The van der Waals surface area contributed by atoms with Crippen LogP contribution in [0.4, 0.5) is 10.5 Å². The van der Waals surface area contributed by atoms with Crippen molar-refractivity contribution in [3.05, 3.63) is 28.8 Å². The highest BCUT2D eigenvalue weighted by molar-refractivity contribution is 6.30. The predicted octanol–water partition coefficient (Wildman–Crippen LogP) is -0.0633. The van der Waals surface area contributed by atoms with Crippen LogP contribution < -0.4 is 20.9 Å². The van der Waals surface area contributed by atoms with Crippen molar-refractivity contribution < 1.29 is 14.5 Å². The average Bonchev–Trinajstić information content (AvgIpc) is 2.48. The van der Waals surface area contributed by atoms with Crippen LogP contribution in [-0.2, 0) is 4.79 Å². The predicted molar refractivity (Wildman–Crippen MR) is 86.3 cm³/mol. The first-order chi connectivity index (χ1) is 10.4. The van der Waals surface area contributed by atoms with Gasteiger partial charge < -0.3 is 15.5 Å². The molecule has 2 rings (SSSR count). The lowest BCUT2D eigenvalue weighted by Crippen LogP contribution is -3.19. The van der Waals surface area contributed by atoms with Gasteiger partial charge in [0.15, 0.2) is 6.04 Å². The van der Waals surface area contributed by atoms with Gasteiger partial charge in [0.1, 0.15) is 0 Å². The number of hydrogen-bond acceptors (Lipinski definition) is 3. The van der Waals surface area contributed by atoms with Gasteiger partial charge in [0.2, 0.25) is 0 Å². The molecule has 1 aliphatic rings. The second kappa shape index (κ2) is 6.98. The van der Waals surface area contributed by atoms with Crippen molar-refractivity contribution in [2.24, 2.45) is 5.73 Å². The van der Waals surface area contributed by atoms with Crippen LogP contribution in [0.2, 0.25) is 5.02 Å². The third-order valence-electron chi connectivity index (χ3n) is 4.17. The van der Waals surface area contributed by atoms with E-state index in [0.29, 0.717) is 0 Å². The molecule has 0 saturated carbocycles. The molecule has 0 spiro atoms. The van der Waals surface area contributed by atoms with Gasteiger partial charge in [0.25, 0.3) is 5.91 Å². The fraction of sp³-hybridized carbons (Fsp3) is 0.467. The van der Waals surface area contributed by atoms with Crippen LogP contribution >= 0.6 is 11.6 Å². The molecule has 1 saturated heterocycles. The number of hydrogen-bond donors (Lipinski definition) is 3. The number of primary amides is 1. The summed E-state index contributed by atoms with van der Waals surface area (Å²) in [5, 5.41) is 2.87. The number of aryl methyl sites for hydroxylation is 1. The van der Waals surface area contributed by atoms with Gasteiger partial charge in [0, 0.05) is 10.7 Å². The zero-order valence-electron chi connectivity index (χ0n) is 12.9. The van der Waals surface area contributed by atoms with Crippen molar-refractivity contribution in [1.29, 1.82) is 0 Å². The number of nitrogens with zero attached hydrogens (tertiary/aromatic N) is 1. The van der Waals surface area contributed by atoms with E-state index in [1.54, 1.807) is 0 Å². The van der Waals surface area contributed by atoms with Crippen molar-refractivity contribution >= 4 is 29.2 Å². The fourth-order valence-electron chi connectivity index (χ4n) is 2.81. The lowest BCUT2D eigenvalue weighted by Gasteiger charge is -2.36. The Kier molecular flexibility index (Phi) is 5.26. The summed E-state index contributed by atoms with van der Waals surface area (Å²) in [5.74, 6) is -0.324. The van der Waals surface area contributed by atoms with E-state index < -0.39 is 6.03 Å². The van der Waals surface area contributed by atoms with Crippen molar-refractivity contribution in [2.45, 2.75) is 19.9 Å². The number of quaternary nitrogens is 1. The number of imide groups is 1. The molecule has 1 aromatic carbocycles. The standard InChI is InChI=1S/C15H21ClN4O2/c1-10-3-4-12(16)9-13(10)20-7-5-19(6-8-20)11(2)14(21)18-15(17)22/h3-4,9,11H,5-8H2,1-2H3,(H3,17,18,21,22)/p+1/t11-/m1/s1. The first-order valence-electron chi connectivity index (χ1n) is 7.34. The Morgan fingerprint density at radius 1 is 1.36 bits per heavy atom. The molecule has 0 aromatic heterocycles.